The molecule has 0 spiro atoms. The maximum absolute atomic E-state index is 12.6. The van der Waals surface area contributed by atoms with Crippen LogP contribution in [0.1, 0.15) is 46.5 Å². The third-order valence-electron chi connectivity index (χ3n) is 8.79. The molecular weight excluding hydrogens is 475 g/mol. The Hall–Kier alpha value is -0.900. The molecule has 4 rings (SSSR count). The van der Waals surface area contributed by atoms with Gasteiger partial charge in [0.05, 0.1) is 11.0 Å². The van der Waals surface area contributed by atoms with E-state index in [1.165, 1.54) is 6.08 Å². The van der Waals surface area contributed by atoms with Crippen molar-refractivity contribution in [3.63, 3.8) is 0 Å². The molecule has 0 heterocycles. The van der Waals surface area contributed by atoms with Crippen LogP contribution in [0.4, 0.5) is 0 Å². The molecule has 4 aliphatic rings. The number of hydrogen-bond acceptors (Lipinski definition) is 6. The minimum absolute atomic E-state index is 0.0567. The lowest BCUT2D eigenvalue weighted by Crippen LogP contribution is -2.69. The minimum Gasteiger partial charge on any atom is -0.391 e. The van der Waals surface area contributed by atoms with Crippen LogP contribution in [0.15, 0.2) is 23.8 Å². The molecule has 8 atom stereocenters. The predicted molar refractivity (Wildman–Crippen MR) is 119 cm³/mol. The van der Waals surface area contributed by atoms with Gasteiger partial charge in [0, 0.05) is 10.8 Å². The average Bonchev–Trinajstić information content (AvgIpc) is 2.89. The lowest BCUT2D eigenvalue weighted by Gasteiger charge is -2.63. The molecule has 4 aliphatic carbocycles. The minimum atomic E-state index is -4.64. The number of allylic oxidation sites excluding steroid dienone is 4. The SMILES string of the molecule is C[C@H]1C[C@H]2[C@@H]3CCC4=CC(=O)C=C[C@]4(C)[C@@]3(Cl)[C@@H](O)C[C@]2(C)[C@@]1(O)C(=O)CO.O=P(O)(O)O. The van der Waals surface area contributed by atoms with Gasteiger partial charge in [0.1, 0.15) is 12.2 Å². The van der Waals surface area contributed by atoms with Gasteiger partial charge in [0.15, 0.2) is 11.6 Å². The van der Waals surface area contributed by atoms with E-state index in [0.29, 0.717) is 19.3 Å². The lowest BCUT2D eigenvalue weighted by atomic mass is 9.45. The van der Waals surface area contributed by atoms with Gasteiger partial charge < -0.3 is 30.0 Å². The first-order chi connectivity index (χ1) is 15.0. The molecule has 0 aromatic heterocycles. The molecule has 33 heavy (non-hydrogen) atoms. The van der Waals surface area contributed by atoms with Crippen molar-refractivity contribution >= 4 is 31.0 Å². The van der Waals surface area contributed by atoms with Crippen molar-refractivity contribution in [3.05, 3.63) is 23.8 Å². The van der Waals surface area contributed by atoms with Crippen molar-refractivity contribution in [2.24, 2.45) is 28.6 Å². The maximum Gasteiger partial charge on any atom is 0.466 e. The van der Waals surface area contributed by atoms with E-state index < -0.39 is 47.6 Å². The summed E-state index contributed by atoms with van der Waals surface area (Å²) in [6, 6.07) is 0. The fraction of sp³-hybridized carbons (Fsp3) is 0.727. The predicted octanol–water partition coefficient (Wildman–Crippen LogP) is 1.24. The second kappa shape index (κ2) is 8.35. The quantitative estimate of drug-likeness (QED) is 0.238. The molecule has 0 unspecified atom stereocenters. The highest BCUT2D eigenvalue weighted by Crippen LogP contribution is 2.71. The Morgan fingerprint density at radius 1 is 1.24 bits per heavy atom. The molecule has 0 radical (unpaired) electrons. The highest BCUT2D eigenvalue weighted by atomic mass is 35.5. The fourth-order valence-corrected chi connectivity index (χ4v) is 7.78. The third-order valence-corrected chi connectivity index (χ3v) is 9.72. The summed E-state index contributed by atoms with van der Waals surface area (Å²) in [5.74, 6) is -1.15. The molecule has 0 aromatic rings. The molecule has 0 amide bonds. The lowest BCUT2D eigenvalue weighted by molar-refractivity contribution is -0.179. The Morgan fingerprint density at radius 2 is 1.82 bits per heavy atom. The summed E-state index contributed by atoms with van der Waals surface area (Å²) in [6.45, 7) is 4.97. The molecule has 11 heteroatoms. The van der Waals surface area contributed by atoms with Crippen LogP contribution in [0.25, 0.3) is 0 Å². The van der Waals surface area contributed by atoms with E-state index in [1.54, 1.807) is 6.08 Å². The second-order valence-electron chi connectivity index (χ2n) is 10.3. The second-order valence-corrected chi connectivity index (χ2v) is 11.9. The van der Waals surface area contributed by atoms with Gasteiger partial charge in [0.25, 0.3) is 0 Å². The van der Waals surface area contributed by atoms with Crippen LogP contribution in [0.5, 0.6) is 0 Å². The molecule has 3 fully saturated rings. The number of halogens is 1. The number of carbonyl (C=O) groups is 2. The zero-order valence-electron chi connectivity index (χ0n) is 18.8. The normalized spacial score (nSPS) is 46.4. The smallest absolute Gasteiger partial charge is 0.391 e. The van der Waals surface area contributed by atoms with Crippen LogP contribution in [0.3, 0.4) is 0 Å². The first-order valence-electron chi connectivity index (χ1n) is 10.9. The number of aliphatic hydroxyl groups is 3. The van der Waals surface area contributed by atoms with Gasteiger partial charge in [-0.05, 0) is 55.6 Å². The van der Waals surface area contributed by atoms with E-state index >= 15 is 0 Å². The largest absolute Gasteiger partial charge is 0.466 e. The molecule has 0 saturated heterocycles. The first-order valence-corrected chi connectivity index (χ1v) is 12.9. The van der Waals surface area contributed by atoms with Crippen molar-refractivity contribution in [2.75, 3.05) is 6.61 Å². The molecule has 0 aliphatic heterocycles. The molecule has 0 bridgehead atoms. The highest BCUT2D eigenvalue weighted by Gasteiger charge is 2.74. The Morgan fingerprint density at radius 3 is 2.36 bits per heavy atom. The Kier molecular flexibility index (Phi) is 6.75. The number of rotatable bonds is 2. The van der Waals surface area contributed by atoms with Gasteiger partial charge in [-0.2, -0.15) is 0 Å². The number of hydrogen-bond donors (Lipinski definition) is 6. The molecule has 9 nitrogen and oxygen atoms in total. The first kappa shape index (κ1) is 26.7. The van der Waals surface area contributed by atoms with E-state index in [9.17, 15) is 24.9 Å². The molecule has 3 saturated carbocycles. The standard InChI is InChI=1S/C22H29ClO5.H3O4P/c1-12-8-16-15-5-4-13-9-14(25)6-7-19(13,2)21(15,23)17(26)10-20(16,3)22(12,28)18(27)11-24;1-5(2,3)4/h6-7,9,12,15-17,24,26,28H,4-5,8,10-11H2,1-3H3;(H3,1,2,3,4)/t12-,15-,16-,17-,19-,20-,21-,22-;/m0./s1. The number of fused-ring (bicyclic) bond motifs is 5. The zero-order valence-corrected chi connectivity index (χ0v) is 20.5. The van der Waals surface area contributed by atoms with Crippen LogP contribution < -0.4 is 0 Å². The van der Waals surface area contributed by atoms with Gasteiger partial charge in [0.2, 0.25) is 0 Å². The summed E-state index contributed by atoms with van der Waals surface area (Å²) < 4.78 is 8.88. The Bertz CT molecular complexity index is 951. The number of carbonyl (C=O) groups excluding carboxylic acids is 2. The van der Waals surface area contributed by atoms with Crippen LogP contribution in [-0.2, 0) is 14.2 Å². The Labute approximate surface area is 197 Å². The summed E-state index contributed by atoms with van der Waals surface area (Å²) in [5.41, 5.74) is -2.25. The van der Waals surface area contributed by atoms with Crippen molar-refractivity contribution < 1.29 is 44.2 Å². The van der Waals surface area contributed by atoms with Crippen LogP contribution in [0.2, 0.25) is 0 Å². The summed E-state index contributed by atoms with van der Waals surface area (Å²) in [5, 5.41) is 32.3. The fourth-order valence-electron chi connectivity index (χ4n) is 7.26. The van der Waals surface area contributed by atoms with Gasteiger partial charge in [-0.15, -0.1) is 11.6 Å². The van der Waals surface area contributed by atoms with Crippen molar-refractivity contribution in [1.29, 1.82) is 0 Å². The molecule has 6 N–H and O–H groups in total. The Balaban J connectivity index is 0.000000555. The van der Waals surface area contributed by atoms with E-state index in [1.807, 2.05) is 26.8 Å². The monoisotopic (exact) mass is 506 g/mol. The topological polar surface area (TPSA) is 173 Å². The maximum atomic E-state index is 12.6. The number of ketones is 2. The average molecular weight is 507 g/mol. The molecule has 0 aromatic carbocycles. The van der Waals surface area contributed by atoms with Gasteiger partial charge in [-0.25, -0.2) is 4.57 Å². The number of phosphoric acid groups is 1. The zero-order chi connectivity index (χ0) is 25.2. The van der Waals surface area contributed by atoms with Crippen molar-refractivity contribution in [3.8, 4) is 0 Å². The van der Waals surface area contributed by atoms with Crippen molar-refractivity contribution in [2.45, 2.75) is 63.0 Å². The van der Waals surface area contributed by atoms with Crippen molar-refractivity contribution in [1.82, 2.24) is 0 Å². The van der Waals surface area contributed by atoms with Gasteiger partial charge in [-0.1, -0.05) is 32.4 Å². The molecule has 186 valence electrons. The van der Waals surface area contributed by atoms with Gasteiger partial charge >= 0.3 is 7.82 Å². The van der Waals surface area contributed by atoms with E-state index in [-0.39, 0.29) is 30.0 Å². The number of Topliss-reactive ketones (excluding diaryl/α,β-unsaturated/α-hetero) is 1. The number of alkyl halides is 1. The van der Waals surface area contributed by atoms with Gasteiger partial charge in [-0.3, -0.25) is 9.59 Å². The van der Waals surface area contributed by atoms with E-state index in [2.05, 4.69) is 0 Å². The highest BCUT2D eigenvalue weighted by molar-refractivity contribution is 7.45. The summed E-state index contributed by atoms with van der Waals surface area (Å²) in [7, 11) is -4.64. The van der Waals surface area contributed by atoms with E-state index in [4.69, 9.17) is 30.8 Å². The van der Waals surface area contributed by atoms with Crippen LogP contribution in [0, 0.1) is 28.6 Å². The van der Waals surface area contributed by atoms with Crippen LogP contribution >= 0.6 is 19.4 Å². The summed E-state index contributed by atoms with van der Waals surface area (Å²) >= 11 is 7.30. The summed E-state index contributed by atoms with van der Waals surface area (Å²) in [4.78, 5) is 45.1. The third kappa shape index (κ3) is 3.81. The number of aliphatic hydroxyl groups excluding tert-OH is 2. The summed E-state index contributed by atoms with van der Waals surface area (Å²) in [6.07, 6.45) is 6.22. The van der Waals surface area contributed by atoms with Crippen LogP contribution in [-0.4, -0.2) is 64.8 Å². The molecular formula is C22H32ClO9P. The van der Waals surface area contributed by atoms with E-state index in [0.717, 1.165) is 5.57 Å².